The van der Waals surface area contributed by atoms with Gasteiger partial charge in [0, 0.05) is 13.2 Å². The smallest absolute Gasteiger partial charge is 0.322 e. The summed E-state index contributed by atoms with van der Waals surface area (Å²) in [6.07, 6.45) is 1.62. The molecule has 0 saturated heterocycles. The normalized spacial score (nSPS) is 10.7. The van der Waals surface area contributed by atoms with E-state index < -0.39 is 0 Å². The van der Waals surface area contributed by atoms with Gasteiger partial charge in [-0.1, -0.05) is 9.59 Å². The molecule has 3 heterocycles. The second-order valence-corrected chi connectivity index (χ2v) is 4.65. The minimum Gasteiger partial charge on any atom is -0.401 e. The molecule has 0 unspecified atom stereocenters. The number of hydrogen-bond donors (Lipinski definition) is 1. The number of carbonyl (C=O) groups is 1. The highest BCUT2D eigenvalue weighted by molar-refractivity contribution is 7.08. The molecule has 9 nitrogen and oxygen atoms in total. The predicted octanol–water partition coefficient (Wildman–Crippen LogP) is 0.882. The van der Waals surface area contributed by atoms with Crippen LogP contribution in [0.1, 0.15) is 15.4 Å². The molecule has 0 fully saturated rings. The zero-order valence-electron chi connectivity index (χ0n) is 10.6. The minimum absolute atomic E-state index is 0.0130. The van der Waals surface area contributed by atoms with Crippen LogP contribution in [0.25, 0.3) is 11.6 Å². The van der Waals surface area contributed by atoms with Gasteiger partial charge in [-0.3, -0.25) is 14.8 Å². The maximum absolute atomic E-state index is 11.9. The summed E-state index contributed by atoms with van der Waals surface area (Å²) in [5, 5.41) is 17.9. The number of carbonyl (C=O) groups excluding carboxylic acids is 1. The van der Waals surface area contributed by atoms with Gasteiger partial charge in [-0.15, -0.1) is 10.2 Å². The number of aromatic nitrogens is 6. The first-order valence-electron chi connectivity index (χ1n) is 5.57. The van der Waals surface area contributed by atoms with Crippen LogP contribution in [0.15, 0.2) is 16.7 Å². The van der Waals surface area contributed by atoms with Gasteiger partial charge in [0.15, 0.2) is 0 Å². The molecular weight excluding hydrogens is 282 g/mol. The van der Waals surface area contributed by atoms with Gasteiger partial charge >= 0.3 is 6.01 Å². The molecule has 0 aliphatic rings. The third-order valence-electron chi connectivity index (χ3n) is 2.54. The summed E-state index contributed by atoms with van der Waals surface area (Å²) in [5.74, 6) is -0.0999. The molecule has 10 heteroatoms. The summed E-state index contributed by atoms with van der Waals surface area (Å²) in [5.41, 5.74) is 1.22. The minimum atomic E-state index is -0.377. The first-order chi connectivity index (χ1) is 9.65. The average molecular weight is 291 g/mol. The van der Waals surface area contributed by atoms with E-state index in [2.05, 4.69) is 30.2 Å². The Morgan fingerprint density at radius 1 is 1.40 bits per heavy atom. The monoisotopic (exact) mass is 291 g/mol. The summed E-state index contributed by atoms with van der Waals surface area (Å²) >= 11 is 1.01. The lowest BCUT2D eigenvalue weighted by atomic mass is 10.4. The van der Waals surface area contributed by atoms with Crippen LogP contribution >= 0.6 is 11.5 Å². The Balaban J connectivity index is 1.80. The van der Waals surface area contributed by atoms with Gasteiger partial charge in [0.1, 0.15) is 10.6 Å². The van der Waals surface area contributed by atoms with Gasteiger partial charge in [-0.2, -0.15) is 5.10 Å². The molecule has 0 bridgehead atoms. The second-order valence-electron chi connectivity index (χ2n) is 3.89. The van der Waals surface area contributed by atoms with E-state index >= 15 is 0 Å². The van der Waals surface area contributed by atoms with Gasteiger partial charge in [-0.05, 0) is 24.5 Å². The van der Waals surface area contributed by atoms with Crippen molar-refractivity contribution in [1.82, 2.24) is 29.6 Å². The summed E-state index contributed by atoms with van der Waals surface area (Å²) in [6.45, 7) is 1.70. The SMILES string of the molecule is Cc1nnsc1C(=O)Nc1nnc(-c2ccnn2C)o1. The van der Waals surface area contributed by atoms with E-state index in [-0.39, 0.29) is 17.8 Å². The van der Waals surface area contributed by atoms with Crippen LogP contribution < -0.4 is 5.32 Å². The van der Waals surface area contributed by atoms with Crippen LogP contribution in [-0.4, -0.2) is 35.5 Å². The fourth-order valence-corrected chi connectivity index (χ4v) is 2.11. The summed E-state index contributed by atoms with van der Waals surface area (Å²) in [4.78, 5) is 12.3. The van der Waals surface area contributed by atoms with Gasteiger partial charge in [0.25, 0.3) is 11.8 Å². The van der Waals surface area contributed by atoms with Crippen molar-refractivity contribution in [3.05, 3.63) is 22.8 Å². The Bertz CT molecular complexity index is 759. The fourth-order valence-electron chi connectivity index (χ4n) is 1.55. The van der Waals surface area contributed by atoms with E-state index in [9.17, 15) is 4.79 Å². The highest BCUT2D eigenvalue weighted by Crippen LogP contribution is 2.19. The summed E-state index contributed by atoms with van der Waals surface area (Å²) in [6, 6.07) is 1.75. The molecule has 1 N–H and O–H groups in total. The van der Waals surface area contributed by atoms with Crippen LogP contribution in [0, 0.1) is 6.92 Å². The maximum Gasteiger partial charge on any atom is 0.322 e. The van der Waals surface area contributed by atoms with Crippen molar-refractivity contribution in [3.8, 4) is 11.6 Å². The molecule has 0 aliphatic heterocycles. The van der Waals surface area contributed by atoms with Crippen LogP contribution in [0.3, 0.4) is 0 Å². The number of anilines is 1. The molecule has 20 heavy (non-hydrogen) atoms. The van der Waals surface area contributed by atoms with Crippen LogP contribution in [0.2, 0.25) is 0 Å². The van der Waals surface area contributed by atoms with Gasteiger partial charge in [-0.25, -0.2) is 0 Å². The van der Waals surface area contributed by atoms with Crippen molar-refractivity contribution in [2.45, 2.75) is 6.92 Å². The molecule has 0 spiro atoms. The molecule has 3 aromatic heterocycles. The number of nitrogens with zero attached hydrogens (tertiary/aromatic N) is 6. The molecule has 0 saturated carbocycles. The molecule has 0 aromatic carbocycles. The van der Waals surface area contributed by atoms with E-state index in [4.69, 9.17) is 4.42 Å². The molecule has 3 aromatic rings. The van der Waals surface area contributed by atoms with E-state index in [0.29, 0.717) is 16.3 Å². The zero-order chi connectivity index (χ0) is 14.1. The Labute approximate surface area is 116 Å². The Morgan fingerprint density at radius 2 is 2.25 bits per heavy atom. The highest BCUT2D eigenvalue weighted by Gasteiger charge is 2.17. The van der Waals surface area contributed by atoms with Crippen LogP contribution in [0.5, 0.6) is 0 Å². The topological polar surface area (TPSA) is 112 Å². The first kappa shape index (κ1) is 12.4. The van der Waals surface area contributed by atoms with Crippen LogP contribution in [0.4, 0.5) is 6.01 Å². The number of rotatable bonds is 3. The third kappa shape index (κ3) is 2.16. The lowest BCUT2D eigenvalue weighted by molar-refractivity contribution is 0.102. The Hall–Kier alpha value is -2.62. The van der Waals surface area contributed by atoms with Crippen molar-refractivity contribution in [2.75, 3.05) is 5.32 Å². The maximum atomic E-state index is 11.9. The van der Waals surface area contributed by atoms with Gasteiger partial charge in [0.2, 0.25) is 0 Å². The highest BCUT2D eigenvalue weighted by atomic mass is 32.1. The summed E-state index contributed by atoms with van der Waals surface area (Å²) in [7, 11) is 1.75. The van der Waals surface area contributed by atoms with Crippen molar-refractivity contribution in [1.29, 1.82) is 0 Å². The molecule has 0 radical (unpaired) electrons. The predicted molar refractivity (Wildman–Crippen MR) is 69.1 cm³/mol. The van der Waals surface area contributed by atoms with E-state index in [1.165, 1.54) is 0 Å². The lowest BCUT2D eigenvalue weighted by Crippen LogP contribution is -2.11. The molecule has 0 aliphatic carbocycles. The van der Waals surface area contributed by atoms with Gasteiger partial charge < -0.3 is 4.42 Å². The zero-order valence-corrected chi connectivity index (χ0v) is 11.4. The van der Waals surface area contributed by atoms with Crippen molar-refractivity contribution in [3.63, 3.8) is 0 Å². The van der Waals surface area contributed by atoms with E-state index in [0.717, 1.165) is 11.5 Å². The third-order valence-corrected chi connectivity index (χ3v) is 3.37. The van der Waals surface area contributed by atoms with Crippen molar-refractivity contribution < 1.29 is 9.21 Å². The Morgan fingerprint density at radius 3 is 2.90 bits per heavy atom. The number of aryl methyl sites for hydroxylation is 2. The number of amides is 1. The van der Waals surface area contributed by atoms with Crippen molar-refractivity contribution in [2.24, 2.45) is 7.05 Å². The van der Waals surface area contributed by atoms with Gasteiger partial charge in [0.05, 0.1) is 5.69 Å². The molecule has 1 amide bonds. The lowest BCUT2D eigenvalue weighted by Gasteiger charge is -1.97. The van der Waals surface area contributed by atoms with E-state index in [1.54, 1.807) is 30.9 Å². The fraction of sp³-hybridized carbons (Fsp3) is 0.200. The standard InChI is InChI=1S/C10H9N7O2S/c1-5-7(20-16-13-5)8(18)12-10-15-14-9(19-10)6-3-4-11-17(6)2/h3-4H,1-2H3,(H,12,15,18). The number of nitrogens with one attached hydrogen (secondary N) is 1. The second kappa shape index (κ2) is 4.81. The van der Waals surface area contributed by atoms with Crippen LogP contribution in [-0.2, 0) is 7.05 Å². The average Bonchev–Trinajstić information content (AvgIpc) is 3.10. The Kier molecular flexibility index (Phi) is 2.99. The quantitative estimate of drug-likeness (QED) is 0.762. The molecule has 3 rings (SSSR count). The number of hydrogen-bond acceptors (Lipinski definition) is 8. The molecule has 102 valence electrons. The van der Waals surface area contributed by atoms with E-state index in [1.807, 2.05) is 0 Å². The summed E-state index contributed by atoms with van der Waals surface area (Å²) < 4.78 is 10.7. The molecule has 0 atom stereocenters. The first-order valence-corrected chi connectivity index (χ1v) is 6.34. The van der Waals surface area contributed by atoms with Crippen molar-refractivity contribution >= 4 is 23.5 Å². The molecular formula is C10H9N7O2S. The largest absolute Gasteiger partial charge is 0.401 e.